The number of carbonyl (C=O) groups is 1. The Bertz CT molecular complexity index is 751. The van der Waals surface area contributed by atoms with Gasteiger partial charge in [0, 0.05) is 13.0 Å². The maximum absolute atomic E-state index is 11.6. The number of benzene rings is 1. The molecular formula is C15H16O6. The first-order valence-electron chi connectivity index (χ1n) is 6.34. The second kappa shape index (κ2) is 5.12. The van der Waals surface area contributed by atoms with Crippen LogP contribution in [0, 0.1) is 0 Å². The van der Waals surface area contributed by atoms with Crippen LogP contribution in [-0.2, 0) is 4.79 Å². The molecule has 0 aliphatic heterocycles. The Morgan fingerprint density at radius 3 is 2.52 bits per heavy atom. The molecule has 0 amide bonds. The number of rotatable bonds is 2. The molecule has 1 aromatic heterocycles. The molecule has 0 saturated heterocycles. The molecule has 1 N–H and O–H groups in total. The highest BCUT2D eigenvalue weighted by atomic mass is 16.5. The molecule has 6 nitrogen and oxygen atoms in total. The fourth-order valence-corrected chi connectivity index (χ4v) is 1.81. The molecule has 0 atom stereocenters. The Morgan fingerprint density at radius 1 is 1.29 bits per heavy atom. The largest absolute Gasteiger partial charge is 0.499 e. The van der Waals surface area contributed by atoms with E-state index in [0.29, 0.717) is 11.1 Å². The summed E-state index contributed by atoms with van der Waals surface area (Å²) in [4.78, 5) is 22.7. The number of fused-ring (bicyclic) bond motifs is 1. The van der Waals surface area contributed by atoms with Crippen LogP contribution in [0.3, 0.4) is 0 Å². The summed E-state index contributed by atoms with van der Waals surface area (Å²) < 4.78 is 15.6. The monoisotopic (exact) mass is 292 g/mol. The summed E-state index contributed by atoms with van der Waals surface area (Å²) in [5.41, 5.74) is -1.23. The third-order valence-electron chi connectivity index (χ3n) is 2.48. The average molecular weight is 292 g/mol. The summed E-state index contributed by atoms with van der Waals surface area (Å²) in [7, 11) is 0. The van der Waals surface area contributed by atoms with Gasteiger partial charge in [-0.25, -0.2) is 4.79 Å². The van der Waals surface area contributed by atoms with E-state index in [-0.39, 0.29) is 11.3 Å². The zero-order chi connectivity index (χ0) is 15.8. The van der Waals surface area contributed by atoms with Gasteiger partial charge in [0.2, 0.25) is 5.75 Å². The maximum Gasteiger partial charge on any atom is 0.382 e. The second-order valence-corrected chi connectivity index (χ2v) is 5.53. The van der Waals surface area contributed by atoms with Crippen LogP contribution in [0.1, 0.15) is 27.7 Å². The first-order chi connectivity index (χ1) is 9.67. The van der Waals surface area contributed by atoms with Crippen molar-refractivity contribution < 1.29 is 23.8 Å². The van der Waals surface area contributed by atoms with Crippen molar-refractivity contribution in [1.82, 2.24) is 0 Å². The van der Waals surface area contributed by atoms with Gasteiger partial charge in [0.25, 0.3) is 0 Å². The summed E-state index contributed by atoms with van der Waals surface area (Å²) in [6.07, 6.45) is 0. The van der Waals surface area contributed by atoms with Crippen molar-refractivity contribution in [1.29, 1.82) is 0 Å². The second-order valence-electron chi connectivity index (χ2n) is 5.53. The van der Waals surface area contributed by atoms with E-state index >= 15 is 0 Å². The number of ether oxygens (including phenoxy) is 2. The minimum atomic E-state index is -0.980. The molecule has 0 radical (unpaired) electrons. The molecule has 6 heteroatoms. The van der Waals surface area contributed by atoms with Crippen LogP contribution in [0.15, 0.2) is 27.4 Å². The lowest BCUT2D eigenvalue weighted by atomic mass is 10.1. The number of hydrogen-bond acceptors (Lipinski definition) is 6. The van der Waals surface area contributed by atoms with Crippen LogP contribution in [-0.4, -0.2) is 16.7 Å². The highest BCUT2D eigenvalue weighted by molar-refractivity contribution is 5.89. The van der Waals surface area contributed by atoms with Gasteiger partial charge in [0.05, 0.1) is 5.39 Å². The first-order valence-corrected chi connectivity index (χ1v) is 6.34. The van der Waals surface area contributed by atoms with E-state index in [1.807, 2.05) is 20.8 Å². The lowest BCUT2D eigenvalue weighted by Crippen LogP contribution is -2.22. The number of esters is 1. The Labute approximate surface area is 120 Å². The van der Waals surface area contributed by atoms with Crippen molar-refractivity contribution in [2.75, 3.05) is 0 Å². The van der Waals surface area contributed by atoms with Gasteiger partial charge in [-0.15, -0.1) is 0 Å². The van der Waals surface area contributed by atoms with Crippen LogP contribution >= 0.6 is 0 Å². The number of hydrogen-bond donors (Lipinski definition) is 1. The SMILES string of the molecule is CC(=O)Oc1c(O)c(=O)oc2cc(OC(C)(C)C)ccc12. The zero-order valence-electron chi connectivity index (χ0n) is 12.2. The fraction of sp³-hybridized carbons (Fsp3) is 0.333. The van der Waals surface area contributed by atoms with Gasteiger partial charge >= 0.3 is 11.6 Å². The van der Waals surface area contributed by atoms with Gasteiger partial charge in [0.15, 0.2) is 5.75 Å². The third kappa shape index (κ3) is 3.34. The van der Waals surface area contributed by atoms with E-state index in [2.05, 4.69) is 0 Å². The molecule has 0 aliphatic carbocycles. The smallest absolute Gasteiger partial charge is 0.382 e. The normalized spacial score (nSPS) is 11.4. The quantitative estimate of drug-likeness (QED) is 0.676. The fourth-order valence-electron chi connectivity index (χ4n) is 1.81. The van der Waals surface area contributed by atoms with Crippen LogP contribution in [0.5, 0.6) is 17.2 Å². The van der Waals surface area contributed by atoms with Crippen molar-refractivity contribution in [2.45, 2.75) is 33.3 Å². The third-order valence-corrected chi connectivity index (χ3v) is 2.48. The van der Waals surface area contributed by atoms with Gasteiger partial charge < -0.3 is 19.0 Å². The summed E-state index contributed by atoms with van der Waals surface area (Å²) in [5, 5.41) is 9.99. The van der Waals surface area contributed by atoms with Crippen molar-refractivity contribution in [3.8, 4) is 17.2 Å². The Hall–Kier alpha value is -2.50. The van der Waals surface area contributed by atoms with Crippen LogP contribution < -0.4 is 15.1 Å². The van der Waals surface area contributed by atoms with E-state index in [4.69, 9.17) is 13.9 Å². The Morgan fingerprint density at radius 2 is 1.95 bits per heavy atom. The van der Waals surface area contributed by atoms with Gasteiger partial charge in [-0.2, -0.15) is 0 Å². The lowest BCUT2D eigenvalue weighted by molar-refractivity contribution is -0.131. The Balaban J connectivity index is 2.61. The van der Waals surface area contributed by atoms with Crippen molar-refractivity contribution >= 4 is 16.9 Å². The van der Waals surface area contributed by atoms with E-state index in [0.717, 1.165) is 0 Å². The van der Waals surface area contributed by atoms with Crippen LogP contribution in [0.4, 0.5) is 0 Å². The molecule has 2 rings (SSSR count). The summed E-state index contributed by atoms with van der Waals surface area (Å²) in [6, 6.07) is 4.70. The summed E-state index contributed by atoms with van der Waals surface area (Å²) >= 11 is 0. The molecule has 0 aliphatic rings. The highest BCUT2D eigenvalue weighted by Gasteiger charge is 2.19. The van der Waals surface area contributed by atoms with E-state index in [1.165, 1.54) is 13.0 Å². The molecular weight excluding hydrogens is 276 g/mol. The molecule has 0 saturated carbocycles. The highest BCUT2D eigenvalue weighted by Crippen LogP contribution is 2.34. The van der Waals surface area contributed by atoms with E-state index < -0.39 is 22.9 Å². The van der Waals surface area contributed by atoms with Crippen molar-refractivity contribution in [2.24, 2.45) is 0 Å². The van der Waals surface area contributed by atoms with Crippen molar-refractivity contribution in [3.05, 3.63) is 28.6 Å². The topological polar surface area (TPSA) is 86.0 Å². The molecule has 1 heterocycles. The van der Waals surface area contributed by atoms with E-state index in [9.17, 15) is 14.7 Å². The molecule has 2 aromatic rings. The first kappa shape index (κ1) is 14.9. The lowest BCUT2D eigenvalue weighted by Gasteiger charge is -2.21. The zero-order valence-corrected chi connectivity index (χ0v) is 12.2. The van der Waals surface area contributed by atoms with Gasteiger partial charge in [-0.1, -0.05) is 0 Å². The minimum Gasteiger partial charge on any atom is -0.499 e. The minimum absolute atomic E-state index is 0.163. The predicted octanol–water partition coefficient (Wildman–Crippen LogP) is 2.60. The average Bonchev–Trinajstić information content (AvgIpc) is 2.32. The standard InChI is InChI=1S/C15H16O6/c1-8(16)19-13-10-6-5-9(21-15(2,3)4)7-11(10)20-14(18)12(13)17/h5-7,17H,1-4H3. The molecule has 0 bridgehead atoms. The van der Waals surface area contributed by atoms with E-state index in [1.54, 1.807) is 12.1 Å². The predicted molar refractivity (Wildman–Crippen MR) is 75.8 cm³/mol. The molecule has 0 spiro atoms. The molecule has 21 heavy (non-hydrogen) atoms. The number of aromatic hydroxyl groups is 1. The molecule has 0 fully saturated rings. The molecule has 112 valence electrons. The number of carbonyl (C=O) groups excluding carboxylic acids is 1. The molecule has 1 aromatic carbocycles. The van der Waals surface area contributed by atoms with Gasteiger partial charge in [-0.3, -0.25) is 4.79 Å². The van der Waals surface area contributed by atoms with Crippen LogP contribution in [0.25, 0.3) is 11.0 Å². The summed E-state index contributed by atoms with van der Waals surface area (Å²) in [6.45, 7) is 6.83. The van der Waals surface area contributed by atoms with Crippen LogP contribution in [0.2, 0.25) is 0 Å². The van der Waals surface area contributed by atoms with Gasteiger partial charge in [0.1, 0.15) is 16.9 Å². The molecule has 0 unspecified atom stereocenters. The van der Waals surface area contributed by atoms with Crippen molar-refractivity contribution in [3.63, 3.8) is 0 Å². The Kier molecular flexibility index (Phi) is 3.63. The van der Waals surface area contributed by atoms with Gasteiger partial charge in [-0.05, 0) is 32.9 Å². The summed E-state index contributed by atoms with van der Waals surface area (Å²) in [5.74, 6) is -1.09. The maximum atomic E-state index is 11.6.